The highest BCUT2D eigenvalue weighted by atomic mass is 16.5. The van der Waals surface area contributed by atoms with Gasteiger partial charge >= 0.3 is 0 Å². The Balaban J connectivity index is 1.31. The van der Waals surface area contributed by atoms with Crippen LogP contribution in [0, 0.1) is 0 Å². The predicted octanol–water partition coefficient (Wildman–Crippen LogP) is 4.30. The number of anilines is 3. The maximum Gasteiger partial charge on any atom is 0.216 e. The van der Waals surface area contributed by atoms with Crippen molar-refractivity contribution in [2.24, 2.45) is 5.16 Å². The van der Waals surface area contributed by atoms with Gasteiger partial charge in [0.05, 0.1) is 30.8 Å². The topological polar surface area (TPSA) is 109 Å². The summed E-state index contributed by atoms with van der Waals surface area (Å²) in [5.41, 5.74) is 6.24. The van der Waals surface area contributed by atoms with Crippen LogP contribution < -0.4 is 19.7 Å². The second kappa shape index (κ2) is 9.37. The van der Waals surface area contributed by atoms with Crippen molar-refractivity contribution >= 4 is 28.6 Å². The number of rotatable bonds is 5. The molecule has 0 unspecified atom stereocenters. The van der Waals surface area contributed by atoms with E-state index in [9.17, 15) is 0 Å². The lowest BCUT2D eigenvalue weighted by molar-refractivity contribution is 0.276. The van der Waals surface area contributed by atoms with E-state index in [2.05, 4.69) is 31.4 Å². The molecule has 0 bridgehead atoms. The summed E-state index contributed by atoms with van der Waals surface area (Å²) in [6.07, 6.45) is 10.8. The molecule has 0 saturated carbocycles. The van der Waals surface area contributed by atoms with Crippen molar-refractivity contribution in [3.05, 3.63) is 54.6 Å². The average molecular weight is 486 g/mol. The summed E-state index contributed by atoms with van der Waals surface area (Å²) in [7, 11) is 1.67. The predicted molar refractivity (Wildman–Crippen MR) is 137 cm³/mol. The molecule has 184 valence electrons. The molecule has 4 aromatic rings. The fourth-order valence-corrected chi connectivity index (χ4v) is 4.79. The zero-order valence-corrected chi connectivity index (χ0v) is 20.0. The first-order valence-corrected chi connectivity index (χ1v) is 12.1. The summed E-state index contributed by atoms with van der Waals surface area (Å²) >= 11 is 0. The number of hydrogen-bond acceptors (Lipinski definition) is 9. The number of hydrogen-bond donors (Lipinski definition) is 2. The second-order valence-electron chi connectivity index (χ2n) is 8.94. The van der Waals surface area contributed by atoms with Crippen molar-refractivity contribution in [3.8, 4) is 22.9 Å². The number of aryl methyl sites for hydroxylation is 1. The monoisotopic (exact) mass is 485 g/mol. The van der Waals surface area contributed by atoms with Crippen LogP contribution >= 0.6 is 0 Å². The van der Waals surface area contributed by atoms with Gasteiger partial charge in [0, 0.05) is 73.6 Å². The molecule has 36 heavy (non-hydrogen) atoms. The molecular formula is C26H27N7O3. The van der Waals surface area contributed by atoms with Gasteiger partial charge in [-0.1, -0.05) is 5.16 Å². The summed E-state index contributed by atoms with van der Waals surface area (Å²) in [4.78, 5) is 16.2. The van der Waals surface area contributed by atoms with Crippen LogP contribution in [0.25, 0.3) is 16.9 Å². The minimum atomic E-state index is 0.642. The number of aromatic nitrogens is 4. The Kier molecular flexibility index (Phi) is 5.76. The van der Waals surface area contributed by atoms with Crippen LogP contribution in [0.5, 0.6) is 11.6 Å². The van der Waals surface area contributed by atoms with E-state index in [4.69, 9.17) is 19.7 Å². The van der Waals surface area contributed by atoms with Crippen molar-refractivity contribution in [3.63, 3.8) is 0 Å². The maximum atomic E-state index is 9.04. The van der Waals surface area contributed by atoms with Gasteiger partial charge in [-0.05, 0) is 31.0 Å². The standard InChI is InChI=1S/C26H27N7O3/c1-35-23-14-20(4-5-22(23)32-9-6-19(31-34)7-10-32)29-24-25-27-8-11-33(25)16-21(30-24)18-13-17-3-2-12-36-26(17)28-15-18/h4-5,8,11,13-16,34H,2-3,6-7,9-10,12H2,1H3,(H,29,30). The normalized spacial score (nSPS) is 15.4. The highest BCUT2D eigenvalue weighted by Gasteiger charge is 2.20. The Morgan fingerprint density at radius 1 is 1.14 bits per heavy atom. The number of imidazole rings is 1. The Labute approximate surface area is 208 Å². The van der Waals surface area contributed by atoms with Gasteiger partial charge in [-0.15, -0.1) is 0 Å². The van der Waals surface area contributed by atoms with E-state index in [-0.39, 0.29) is 0 Å². The number of fused-ring (bicyclic) bond motifs is 2. The van der Waals surface area contributed by atoms with Crippen LogP contribution in [0.1, 0.15) is 24.8 Å². The first-order valence-electron chi connectivity index (χ1n) is 12.1. The Morgan fingerprint density at radius 2 is 2.03 bits per heavy atom. The van der Waals surface area contributed by atoms with Crippen molar-refractivity contribution in [2.45, 2.75) is 25.7 Å². The zero-order valence-electron chi connectivity index (χ0n) is 20.0. The average Bonchev–Trinajstić information content (AvgIpc) is 3.42. The molecule has 5 heterocycles. The number of piperidine rings is 1. The lowest BCUT2D eigenvalue weighted by atomic mass is 10.1. The molecule has 10 heteroatoms. The fraction of sp³-hybridized carbons (Fsp3) is 0.308. The molecule has 2 aliphatic rings. The first-order chi connectivity index (χ1) is 17.7. The molecular weight excluding hydrogens is 458 g/mol. The molecule has 1 fully saturated rings. The molecule has 0 amide bonds. The number of nitrogens with zero attached hydrogens (tertiary/aromatic N) is 6. The van der Waals surface area contributed by atoms with E-state index < -0.39 is 0 Å². The second-order valence-corrected chi connectivity index (χ2v) is 8.94. The smallest absolute Gasteiger partial charge is 0.216 e. The van der Waals surface area contributed by atoms with Crippen LogP contribution in [-0.2, 0) is 6.42 Å². The molecule has 0 atom stereocenters. The minimum absolute atomic E-state index is 0.642. The molecule has 2 aliphatic heterocycles. The summed E-state index contributed by atoms with van der Waals surface area (Å²) < 4.78 is 13.4. The van der Waals surface area contributed by atoms with E-state index in [1.807, 2.05) is 41.2 Å². The van der Waals surface area contributed by atoms with Gasteiger partial charge in [-0.25, -0.2) is 15.0 Å². The number of oxime groups is 1. The summed E-state index contributed by atoms with van der Waals surface area (Å²) in [6.45, 7) is 2.27. The van der Waals surface area contributed by atoms with Crippen molar-refractivity contribution in [2.75, 3.05) is 37.0 Å². The maximum absolute atomic E-state index is 9.04. The molecule has 1 saturated heterocycles. The lowest BCUT2D eigenvalue weighted by Gasteiger charge is -2.30. The van der Waals surface area contributed by atoms with Crippen LogP contribution in [0.3, 0.4) is 0 Å². The molecule has 0 spiro atoms. The van der Waals surface area contributed by atoms with E-state index in [1.54, 1.807) is 13.3 Å². The van der Waals surface area contributed by atoms with Gasteiger partial charge in [-0.2, -0.15) is 0 Å². The van der Waals surface area contributed by atoms with Gasteiger partial charge in [-0.3, -0.25) is 0 Å². The van der Waals surface area contributed by atoms with Crippen LogP contribution in [0.15, 0.2) is 54.2 Å². The minimum Gasteiger partial charge on any atom is -0.495 e. The Bertz CT molecular complexity index is 1440. The van der Waals surface area contributed by atoms with E-state index in [1.165, 1.54) is 0 Å². The Hall–Kier alpha value is -4.34. The molecule has 6 rings (SSSR count). The Morgan fingerprint density at radius 3 is 2.86 bits per heavy atom. The van der Waals surface area contributed by atoms with Gasteiger partial charge < -0.3 is 29.3 Å². The molecule has 10 nitrogen and oxygen atoms in total. The quantitative estimate of drug-likeness (QED) is 0.318. The van der Waals surface area contributed by atoms with Gasteiger partial charge in [0.1, 0.15) is 5.75 Å². The van der Waals surface area contributed by atoms with Gasteiger partial charge in [0.25, 0.3) is 0 Å². The number of benzene rings is 1. The highest BCUT2D eigenvalue weighted by molar-refractivity contribution is 5.86. The number of nitrogens with one attached hydrogen (secondary N) is 1. The third-order valence-electron chi connectivity index (χ3n) is 6.69. The van der Waals surface area contributed by atoms with Crippen LogP contribution in [-0.4, -0.2) is 57.1 Å². The van der Waals surface area contributed by atoms with Gasteiger partial charge in [0.2, 0.25) is 5.88 Å². The van der Waals surface area contributed by atoms with Gasteiger partial charge in [0.15, 0.2) is 11.5 Å². The number of pyridine rings is 1. The van der Waals surface area contributed by atoms with Crippen molar-refractivity contribution < 1.29 is 14.7 Å². The number of methoxy groups -OCH3 is 1. The largest absolute Gasteiger partial charge is 0.495 e. The van der Waals surface area contributed by atoms with Crippen molar-refractivity contribution in [1.29, 1.82) is 0 Å². The molecule has 1 aromatic carbocycles. The summed E-state index contributed by atoms with van der Waals surface area (Å²) in [5.74, 6) is 2.12. The third-order valence-corrected chi connectivity index (χ3v) is 6.69. The summed E-state index contributed by atoms with van der Waals surface area (Å²) in [5, 5.41) is 15.9. The molecule has 0 radical (unpaired) electrons. The van der Waals surface area contributed by atoms with Crippen LogP contribution in [0.2, 0.25) is 0 Å². The highest BCUT2D eigenvalue weighted by Crippen LogP contribution is 2.35. The number of ether oxygens (including phenoxy) is 2. The van der Waals surface area contributed by atoms with Crippen LogP contribution in [0.4, 0.5) is 17.2 Å². The molecule has 0 aliphatic carbocycles. The van der Waals surface area contributed by atoms with E-state index >= 15 is 0 Å². The molecule has 2 N–H and O–H groups in total. The third kappa shape index (κ3) is 4.15. The first kappa shape index (κ1) is 22.1. The lowest BCUT2D eigenvalue weighted by Crippen LogP contribution is -2.34. The SMILES string of the molecule is COc1cc(Nc2nc(-c3cnc4c(c3)CCCO4)cn3ccnc23)ccc1N1CCC(=NO)CC1. The molecule has 3 aromatic heterocycles. The van der Waals surface area contributed by atoms with E-state index in [0.29, 0.717) is 18.3 Å². The summed E-state index contributed by atoms with van der Waals surface area (Å²) in [6, 6.07) is 8.14. The fourth-order valence-electron chi connectivity index (χ4n) is 4.79. The van der Waals surface area contributed by atoms with E-state index in [0.717, 1.165) is 84.1 Å². The zero-order chi connectivity index (χ0) is 24.5. The van der Waals surface area contributed by atoms with Crippen molar-refractivity contribution in [1.82, 2.24) is 19.4 Å².